The highest BCUT2D eigenvalue weighted by atomic mass is 16.2. The number of benzene rings is 2. The highest BCUT2D eigenvalue weighted by molar-refractivity contribution is 5.92. The molecule has 1 aliphatic heterocycles. The number of pyridine rings is 1. The number of nitrogens with zero attached hydrogens (tertiary/aromatic N) is 2. The van der Waals surface area contributed by atoms with Crippen molar-refractivity contribution in [2.45, 2.75) is 0 Å². The predicted octanol–water partition coefficient (Wildman–Crippen LogP) is 3.40. The first-order valence-electron chi connectivity index (χ1n) is 10.2. The summed E-state index contributed by atoms with van der Waals surface area (Å²) in [5, 5.41) is 0.946. The van der Waals surface area contributed by atoms with Crippen molar-refractivity contribution < 1.29 is 4.79 Å². The molecule has 152 valence electrons. The van der Waals surface area contributed by atoms with E-state index in [1.165, 1.54) is 11.6 Å². The van der Waals surface area contributed by atoms with Gasteiger partial charge in [-0.3, -0.25) is 14.5 Å². The van der Waals surface area contributed by atoms with Gasteiger partial charge >= 0.3 is 0 Å². The molecule has 1 fully saturated rings. The number of para-hydroxylation sites is 1. The molecule has 1 aliphatic rings. The molecule has 0 atom stereocenters. The second-order valence-corrected chi connectivity index (χ2v) is 7.41. The van der Waals surface area contributed by atoms with Crippen LogP contribution in [0.1, 0.15) is 11.1 Å². The molecule has 1 amide bonds. The average Bonchev–Trinajstić information content (AvgIpc) is 2.78. The highest BCUT2D eigenvalue weighted by Gasteiger charge is 2.18. The highest BCUT2D eigenvalue weighted by Crippen LogP contribution is 2.11. The summed E-state index contributed by atoms with van der Waals surface area (Å²) < 4.78 is 0. The van der Waals surface area contributed by atoms with Gasteiger partial charge in [0, 0.05) is 49.9 Å². The third kappa shape index (κ3) is 4.93. The summed E-state index contributed by atoms with van der Waals surface area (Å²) in [4.78, 5) is 31.8. The van der Waals surface area contributed by atoms with Crippen LogP contribution in [0.2, 0.25) is 0 Å². The van der Waals surface area contributed by atoms with E-state index in [1.54, 1.807) is 6.08 Å². The van der Waals surface area contributed by atoms with E-state index in [4.69, 9.17) is 0 Å². The van der Waals surface area contributed by atoms with E-state index in [1.807, 2.05) is 53.4 Å². The third-order valence-electron chi connectivity index (χ3n) is 5.35. The molecule has 1 N–H and O–H groups in total. The lowest BCUT2D eigenvalue weighted by Crippen LogP contribution is -2.48. The number of nitrogens with one attached hydrogen (secondary N) is 1. The molecule has 2 heterocycles. The molecule has 1 aromatic heterocycles. The van der Waals surface area contributed by atoms with Gasteiger partial charge in [-0.15, -0.1) is 0 Å². The number of hydrogen-bond acceptors (Lipinski definition) is 3. The van der Waals surface area contributed by atoms with Crippen molar-refractivity contribution >= 4 is 29.0 Å². The molecular weight excluding hydrogens is 374 g/mol. The smallest absolute Gasteiger partial charge is 0.255 e. The fraction of sp³-hybridized carbons (Fsp3) is 0.200. The zero-order chi connectivity index (χ0) is 20.8. The Labute approximate surface area is 175 Å². The Hall–Kier alpha value is -3.44. The first kappa shape index (κ1) is 19.9. The zero-order valence-electron chi connectivity index (χ0n) is 16.8. The lowest BCUT2D eigenvalue weighted by atomic mass is 10.1. The maximum atomic E-state index is 12.5. The van der Waals surface area contributed by atoms with Gasteiger partial charge in [-0.1, -0.05) is 60.7 Å². The Bertz CT molecular complexity index is 1120. The largest absolute Gasteiger partial charge is 0.337 e. The minimum absolute atomic E-state index is 0.0537. The van der Waals surface area contributed by atoms with Gasteiger partial charge in [0.25, 0.3) is 5.56 Å². The van der Waals surface area contributed by atoms with Crippen LogP contribution < -0.4 is 5.56 Å². The summed E-state index contributed by atoms with van der Waals surface area (Å²) in [6.07, 6.45) is 7.41. The molecule has 5 nitrogen and oxygen atoms in total. The Morgan fingerprint density at radius 2 is 1.67 bits per heavy atom. The number of hydrogen-bond donors (Lipinski definition) is 1. The first-order valence-corrected chi connectivity index (χ1v) is 10.2. The van der Waals surface area contributed by atoms with E-state index in [9.17, 15) is 9.59 Å². The van der Waals surface area contributed by atoms with E-state index in [2.05, 4.69) is 34.2 Å². The lowest BCUT2D eigenvalue weighted by molar-refractivity contribution is -0.127. The first-order chi connectivity index (χ1) is 14.7. The minimum Gasteiger partial charge on any atom is -0.337 e. The van der Waals surface area contributed by atoms with Gasteiger partial charge < -0.3 is 9.88 Å². The summed E-state index contributed by atoms with van der Waals surface area (Å²) in [5.41, 5.74) is 2.29. The zero-order valence-corrected chi connectivity index (χ0v) is 16.8. The van der Waals surface area contributed by atoms with Crippen molar-refractivity contribution in [3.05, 3.63) is 94.3 Å². The van der Waals surface area contributed by atoms with Crippen molar-refractivity contribution in [1.82, 2.24) is 14.8 Å². The number of carbonyl (C=O) groups excluding carboxylic acids is 1. The van der Waals surface area contributed by atoms with E-state index in [0.717, 1.165) is 30.5 Å². The van der Waals surface area contributed by atoms with Crippen LogP contribution >= 0.6 is 0 Å². The fourth-order valence-electron chi connectivity index (χ4n) is 3.61. The molecule has 4 rings (SSSR count). The number of fused-ring (bicyclic) bond motifs is 1. The van der Waals surface area contributed by atoms with Crippen LogP contribution in [0.5, 0.6) is 0 Å². The Balaban J connectivity index is 1.31. The Kier molecular flexibility index (Phi) is 6.20. The lowest BCUT2D eigenvalue weighted by Gasteiger charge is -2.33. The van der Waals surface area contributed by atoms with Crippen LogP contribution in [0.3, 0.4) is 0 Å². The number of rotatable bonds is 5. The van der Waals surface area contributed by atoms with Gasteiger partial charge in [0.05, 0.1) is 0 Å². The van der Waals surface area contributed by atoms with Gasteiger partial charge in [-0.05, 0) is 29.2 Å². The third-order valence-corrected chi connectivity index (χ3v) is 5.35. The van der Waals surface area contributed by atoms with Crippen molar-refractivity contribution in [2.75, 3.05) is 32.7 Å². The summed E-state index contributed by atoms with van der Waals surface area (Å²) in [6.45, 7) is 3.94. The number of aromatic amines is 1. The maximum absolute atomic E-state index is 12.5. The molecule has 5 heteroatoms. The van der Waals surface area contributed by atoms with Gasteiger partial charge in [0.15, 0.2) is 0 Å². The van der Waals surface area contributed by atoms with Gasteiger partial charge in [0.1, 0.15) is 0 Å². The number of carbonyl (C=O) groups is 1. The molecule has 0 spiro atoms. The van der Waals surface area contributed by atoms with Crippen LogP contribution in [-0.2, 0) is 4.79 Å². The number of amides is 1. The summed E-state index contributed by atoms with van der Waals surface area (Å²) in [7, 11) is 0. The second-order valence-electron chi connectivity index (χ2n) is 7.41. The summed E-state index contributed by atoms with van der Waals surface area (Å²) >= 11 is 0. The Morgan fingerprint density at radius 1 is 0.933 bits per heavy atom. The quantitative estimate of drug-likeness (QED) is 0.669. The van der Waals surface area contributed by atoms with Crippen LogP contribution in [-0.4, -0.2) is 53.4 Å². The van der Waals surface area contributed by atoms with Crippen molar-refractivity contribution in [1.29, 1.82) is 0 Å². The normalized spacial score (nSPS) is 15.4. The molecule has 0 aliphatic carbocycles. The molecule has 0 radical (unpaired) electrons. The van der Waals surface area contributed by atoms with E-state index in [0.29, 0.717) is 18.7 Å². The molecule has 0 bridgehead atoms. The molecule has 1 saturated heterocycles. The number of piperazine rings is 1. The molecular formula is C25H25N3O2. The van der Waals surface area contributed by atoms with Gasteiger partial charge in [-0.2, -0.15) is 0 Å². The van der Waals surface area contributed by atoms with Gasteiger partial charge in [0.2, 0.25) is 5.91 Å². The van der Waals surface area contributed by atoms with Crippen LogP contribution in [0.15, 0.2) is 77.6 Å². The fourth-order valence-corrected chi connectivity index (χ4v) is 3.61. The van der Waals surface area contributed by atoms with Crippen LogP contribution in [0.4, 0.5) is 0 Å². The number of aromatic nitrogens is 1. The molecule has 30 heavy (non-hydrogen) atoms. The SMILES string of the molecule is O=C(/C=C/c1cc2ccccc2[nH]c1=O)N1CCN(C/C=C/c2ccccc2)CC1. The van der Waals surface area contributed by atoms with E-state index in [-0.39, 0.29) is 11.5 Å². The minimum atomic E-state index is -0.187. The Morgan fingerprint density at radius 3 is 2.47 bits per heavy atom. The molecule has 3 aromatic rings. The van der Waals surface area contributed by atoms with Crippen molar-refractivity contribution in [2.24, 2.45) is 0 Å². The molecule has 0 unspecified atom stereocenters. The standard InChI is InChI=1S/C25H25N3O2/c29-24(13-12-22-19-21-10-4-5-11-23(21)26-25(22)30)28-17-15-27(16-18-28)14-6-9-20-7-2-1-3-8-20/h1-13,19H,14-18H2,(H,26,30)/b9-6+,13-12+. The van der Waals surface area contributed by atoms with Crippen LogP contribution in [0.25, 0.3) is 23.1 Å². The predicted molar refractivity (Wildman–Crippen MR) is 122 cm³/mol. The molecule has 0 saturated carbocycles. The average molecular weight is 399 g/mol. The maximum Gasteiger partial charge on any atom is 0.255 e. The topological polar surface area (TPSA) is 56.4 Å². The van der Waals surface area contributed by atoms with E-state index >= 15 is 0 Å². The van der Waals surface area contributed by atoms with Crippen molar-refractivity contribution in [3.8, 4) is 0 Å². The van der Waals surface area contributed by atoms with E-state index < -0.39 is 0 Å². The van der Waals surface area contributed by atoms with Gasteiger partial charge in [-0.25, -0.2) is 0 Å². The summed E-state index contributed by atoms with van der Waals surface area (Å²) in [6, 6.07) is 19.7. The summed E-state index contributed by atoms with van der Waals surface area (Å²) in [5.74, 6) is -0.0537. The monoisotopic (exact) mass is 399 g/mol. The van der Waals surface area contributed by atoms with Crippen LogP contribution in [0, 0.1) is 0 Å². The molecule has 2 aromatic carbocycles. The van der Waals surface area contributed by atoms with Crippen molar-refractivity contribution in [3.63, 3.8) is 0 Å². The number of H-pyrrole nitrogens is 1. The second kappa shape index (κ2) is 9.37.